The van der Waals surface area contributed by atoms with E-state index in [1.54, 1.807) is 19.1 Å². The molecular weight excluding hydrogens is 408 g/mol. The first-order valence-electron chi connectivity index (χ1n) is 8.48. The first kappa shape index (κ1) is 22.1. The lowest BCUT2D eigenvalue weighted by Gasteiger charge is -2.26. The van der Waals surface area contributed by atoms with E-state index < -0.39 is 28.5 Å². The van der Waals surface area contributed by atoms with Gasteiger partial charge in [0.2, 0.25) is 10.0 Å². The Kier molecular flexibility index (Phi) is 8.18. The zero-order chi connectivity index (χ0) is 20.6. The fourth-order valence-corrected chi connectivity index (χ4v) is 3.91. The number of hydrogen-bond acceptors (Lipinski definition) is 6. The summed E-state index contributed by atoms with van der Waals surface area (Å²) in [7, 11) is -3.73. The van der Waals surface area contributed by atoms with Gasteiger partial charge in [-0.2, -0.15) is 4.31 Å². The predicted octanol–water partition coefficient (Wildman–Crippen LogP) is 1.97. The van der Waals surface area contributed by atoms with Crippen LogP contribution in [0.3, 0.4) is 0 Å². The number of sulfonamides is 1. The van der Waals surface area contributed by atoms with Crippen molar-refractivity contribution < 1.29 is 27.5 Å². The number of nitrogens with zero attached hydrogens (tertiary/aromatic N) is 1. The van der Waals surface area contributed by atoms with Gasteiger partial charge in [0.15, 0.2) is 6.61 Å². The number of esters is 1. The molecule has 1 aromatic rings. The van der Waals surface area contributed by atoms with Crippen LogP contribution in [0, 0.1) is 0 Å². The highest BCUT2D eigenvalue weighted by Gasteiger charge is 2.27. The van der Waals surface area contributed by atoms with Gasteiger partial charge in [-0.3, -0.25) is 4.79 Å². The van der Waals surface area contributed by atoms with E-state index in [0.29, 0.717) is 13.2 Å². The number of hydrogen-bond donors (Lipinski definition) is 1. The van der Waals surface area contributed by atoms with E-state index in [-0.39, 0.29) is 28.7 Å². The van der Waals surface area contributed by atoms with E-state index in [0.717, 1.165) is 0 Å². The molecule has 28 heavy (non-hydrogen) atoms. The number of nitrogens with one attached hydrogen (secondary N) is 1. The Bertz CT molecular complexity index is 876. The molecule has 0 saturated carbocycles. The Morgan fingerprint density at radius 2 is 2.00 bits per heavy atom. The van der Waals surface area contributed by atoms with Crippen molar-refractivity contribution in [2.24, 2.45) is 0 Å². The first-order chi connectivity index (χ1) is 13.3. The van der Waals surface area contributed by atoms with Crippen LogP contribution in [0.2, 0.25) is 5.02 Å². The molecule has 0 aromatic heterocycles. The highest BCUT2D eigenvalue weighted by atomic mass is 35.5. The number of carbonyl (C=O) groups is 2. The summed E-state index contributed by atoms with van der Waals surface area (Å²) in [5, 5.41) is 2.62. The molecule has 0 spiro atoms. The Hall–Kier alpha value is -2.20. The molecule has 10 heteroatoms. The molecule has 0 atom stereocenters. The van der Waals surface area contributed by atoms with Crippen LogP contribution in [0.5, 0.6) is 0 Å². The second-order valence-electron chi connectivity index (χ2n) is 5.70. The summed E-state index contributed by atoms with van der Waals surface area (Å²) in [6.07, 6.45) is 6.03. The van der Waals surface area contributed by atoms with Gasteiger partial charge in [-0.15, -0.1) is 0 Å². The third-order valence-electron chi connectivity index (χ3n) is 3.70. The summed E-state index contributed by atoms with van der Waals surface area (Å²) in [6, 6.07) is 4.03. The van der Waals surface area contributed by atoms with E-state index in [2.05, 4.69) is 5.32 Å². The fraction of sp³-hybridized carbons (Fsp3) is 0.333. The number of halogens is 1. The number of rotatable bonds is 7. The molecule has 1 N–H and O–H groups in total. The van der Waals surface area contributed by atoms with Gasteiger partial charge in [0.1, 0.15) is 0 Å². The van der Waals surface area contributed by atoms with E-state index in [4.69, 9.17) is 21.1 Å². The molecule has 0 radical (unpaired) electrons. The predicted molar refractivity (Wildman–Crippen MR) is 105 cm³/mol. The second kappa shape index (κ2) is 10.4. The molecule has 1 saturated heterocycles. The van der Waals surface area contributed by atoms with Crippen molar-refractivity contribution in [2.45, 2.75) is 11.8 Å². The summed E-state index contributed by atoms with van der Waals surface area (Å²) >= 11 is 6.05. The van der Waals surface area contributed by atoms with Gasteiger partial charge >= 0.3 is 5.97 Å². The Morgan fingerprint density at radius 1 is 1.29 bits per heavy atom. The van der Waals surface area contributed by atoms with Crippen LogP contribution < -0.4 is 5.32 Å². The zero-order valence-corrected chi connectivity index (χ0v) is 16.8. The van der Waals surface area contributed by atoms with Crippen LogP contribution in [-0.4, -0.2) is 57.5 Å². The smallest absolute Gasteiger partial charge is 0.331 e. The van der Waals surface area contributed by atoms with Gasteiger partial charge in [-0.25, -0.2) is 13.2 Å². The van der Waals surface area contributed by atoms with Crippen LogP contribution in [0.4, 0.5) is 5.69 Å². The zero-order valence-electron chi connectivity index (χ0n) is 15.3. The van der Waals surface area contributed by atoms with E-state index in [9.17, 15) is 18.0 Å². The summed E-state index contributed by atoms with van der Waals surface area (Å²) in [6.45, 7) is 2.41. The van der Waals surface area contributed by atoms with Crippen molar-refractivity contribution in [1.82, 2.24) is 4.31 Å². The molecule has 2 rings (SSSR count). The number of carbonyl (C=O) groups excluding carboxylic acids is 2. The van der Waals surface area contributed by atoms with Crippen molar-refractivity contribution in [3.8, 4) is 0 Å². The molecular formula is C18H21ClN2O6S. The third-order valence-corrected chi connectivity index (χ3v) is 5.93. The van der Waals surface area contributed by atoms with Gasteiger partial charge in [-0.05, 0) is 25.1 Å². The van der Waals surface area contributed by atoms with Crippen molar-refractivity contribution >= 4 is 39.2 Å². The van der Waals surface area contributed by atoms with Crippen molar-refractivity contribution in [3.63, 3.8) is 0 Å². The topological polar surface area (TPSA) is 102 Å². The lowest BCUT2D eigenvalue weighted by Crippen LogP contribution is -2.40. The quantitative estimate of drug-likeness (QED) is 0.404. The normalized spacial score (nSPS) is 15.8. The average molecular weight is 429 g/mol. The second-order valence-corrected chi connectivity index (χ2v) is 8.04. The SMILES string of the molecule is CC=CC=CC(=O)OCC(=O)Nc1cc(S(=O)(=O)N2CCOCC2)ccc1Cl. The van der Waals surface area contributed by atoms with Gasteiger partial charge < -0.3 is 14.8 Å². The largest absolute Gasteiger partial charge is 0.452 e. The van der Waals surface area contributed by atoms with Gasteiger partial charge in [0.05, 0.1) is 28.8 Å². The van der Waals surface area contributed by atoms with Crippen molar-refractivity contribution in [3.05, 3.63) is 47.5 Å². The first-order valence-corrected chi connectivity index (χ1v) is 10.3. The maximum atomic E-state index is 12.7. The van der Waals surface area contributed by atoms with Gasteiger partial charge in [-0.1, -0.05) is 29.8 Å². The Balaban J connectivity index is 2.04. The van der Waals surface area contributed by atoms with Crippen LogP contribution in [-0.2, 0) is 29.1 Å². The van der Waals surface area contributed by atoms with E-state index in [1.165, 1.54) is 34.7 Å². The van der Waals surface area contributed by atoms with Gasteiger partial charge in [0.25, 0.3) is 5.91 Å². The molecule has 1 amide bonds. The minimum Gasteiger partial charge on any atom is -0.452 e. The fourth-order valence-electron chi connectivity index (χ4n) is 2.31. The standard InChI is InChI=1S/C18H21ClN2O6S/c1-2-3-4-5-18(23)27-13-17(22)20-16-12-14(6-7-15(16)19)28(24,25)21-8-10-26-11-9-21/h2-7,12H,8-11,13H2,1H3,(H,20,22). The minimum absolute atomic E-state index is 0.000353. The minimum atomic E-state index is -3.73. The molecule has 0 unspecified atom stereocenters. The molecule has 0 bridgehead atoms. The third kappa shape index (κ3) is 6.16. The summed E-state index contributed by atoms with van der Waals surface area (Å²) in [4.78, 5) is 23.5. The number of anilines is 1. The monoisotopic (exact) mass is 428 g/mol. The van der Waals surface area contributed by atoms with Crippen molar-refractivity contribution in [1.29, 1.82) is 0 Å². The van der Waals surface area contributed by atoms with Crippen LogP contribution in [0.15, 0.2) is 47.4 Å². The highest BCUT2D eigenvalue weighted by molar-refractivity contribution is 7.89. The molecule has 152 valence electrons. The number of allylic oxidation sites excluding steroid dienone is 3. The van der Waals surface area contributed by atoms with Crippen molar-refractivity contribution in [2.75, 3.05) is 38.2 Å². The van der Waals surface area contributed by atoms with Crippen LogP contribution >= 0.6 is 11.6 Å². The number of morpholine rings is 1. The molecule has 1 aliphatic rings. The molecule has 0 aliphatic carbocycles. The molecule has 1 heterocycles. The lowest BCUT2D eigenvalue weighted by atomic mass is 10.3. The summed E-state index contributed by atoms with van der Waals surface area (Å²) < 4.78 is 36.7. The number of benzene rings is 1. The average Bonchev–Trinajstić information content (AvgIpc) is 2.69. The summed E-state index contributed by atoms with van der Waals surface area (Å²) in [5.41, 5.74) is 0.113. The Labute approximate surface area is 168 Å². The molecule has 8 nitrogen and oxygen atoms in total. The lowest BCUT2D eigenvalue weighted by molar-refractivity contribution is -0.142. The number of ether oxygens (including phenoxy) is 2. The highest BCUT2D eigenvalue weighted by Crippen LogP contribution is 2.27. The summed E-state index contributed by atoms with van der Waals surface area (Å²) in [5.74, 6) is -1.32. The molecule has 1 aromatic carbocycles. The van der Waals surface area contributed by atoms with E-state index >= 15 is 0 Å². The van der Waals surface area contributed by atoms with Gasteiger partial charge in [0, 0.05) is 19.2 Å². The number of amides is 1. The molecule has 1 aliphatic heterocycles. The maximum absolute atomic E-state index is 12.7. The Morgan fingerprint density at radius 3 is 2.68 bits per heavy atom. The maximum Gasteiger partial charge on any atom is 0.331 e. The van der Waals surface area contributed by atoms with Crippen LogP contribution in [0.25, 0.3) is 0 Å². The van der Waals surface area contributed by atoms with Crippen LogP contribution in [0.1, 0.15) is 6.92 Å². The van der Waals surface area contributed by atoms with E-state index in [1.807, 2.05) is 0 Å². The molecule has 1 fully saturated rings.